The van der Waals surface area contributed by atoms with Crippen molar-refractivity contribution < 1.29 is 0 Å². The van der Waals surface area contributed by atoms with Crippen molar-refractivity contribution in [3.8, 4) is 0 Å². The van der Waals surface area contributed by atoms with Crippen LogP contribution in [-0.4, -0.2) is 40.6 Å². The summed E-state index contributed by atoms with van der Waals surface area (Å²) >= 11 is 7.25. The molecule has 0 atom stereocenters. The van der Waals surface area contributed by atoms with Crippen LogP contribution in [-0.2, 0) is 6.67 Å². The van der Waals surface area contributed by atoms with Gasteiger partial charge in [-0.2, -0.15) is 0 Å². The first kappa shape index (κ1) is 14.8. The normalized spacial score (nSPS) is 16.1. The Balaban J connectivity index is 1.47. The molecule has 1 saturated heterocycles. The van der Waals surface area contributed by atoms with Crippen LogP contribution < -0.4 is 4.90 Å². The van der Waals surface area contributed by atoms with E-state index in [2.05, 4.69) is 49.7 Å². The summed E-state index contributed by atoms with van der Waals surface area (Å²) in [4.78, 5) is 9.26. The number of fused-ring (bicyclic) bond motifs is 1. The Morgan fingerprint density at radius 1 is 1.00 bits per heavy atom. The minimum atomic E-state index is 0.874. The molecule has 118 valence electrons. The van der Waals surface area contributed by atoms with E-state index < -0.39 is 0 Å². The SMILES string of the molecule is S=c1sc2ccccc2n1CN1CCN(c2ccccn2)CC1. The van der Waals surface area contributed by atoms with Crippen LogP contribution in [0.2, 0.25) is 0 Å². The Morgan fingerprint density at radius 2 is 1.78 bits per heavy atom. The molecular weight excluding hydrogens is 324 g/mol. The number of anilines is 1. The van der Waals surface area contributed by atoms with E-state index in [-0.39, 0.29) is 0 Å². The van der Waals surface area contributed by atoms with Crippen LogP contribution in [0.1, 0.15) is 0 Å². The van der Waals surface area contributed by atoms with Crippen LogP contribution in [0.5, 0.6) is 0 Å². The van der Waals surface area contributed by atoms with Crippen molar-refractivity contribution in [2.75, 3.05) is 31.1 Å². The molecule has 6 heteroatoms. The van der Waals surface area contributed by atoms with Gasteiger partial charge in [-0.05, 0) is 36.5 Å². The Bertz CT molecular complexity index is 848. The number of benzene rings is 1. The van der Waals surface area contributed by atoms with Crippen molar-refractivity contribution in [1.29, 1.82) is 0 Å². The van der Waals surface area contributed by atoms with Crippen LogP contribution >= 0.6 is 23.6 Å². The maximum Gasteiger partial charge on any atom is 0.163 e. The lowest BCUT2D eigenvalue weighted by Crippen LogP contribution is -2.47. The number of para-hydroxylation sites is 1. The zero-order valence-corrected chi connectivity index (χ0v) is 14.4. The minimum absolute atomic E-state index is 0.874. The summed E-state index contributed by atoms with van der Waals surface area (Å²) in [5.41, 5.74) is 1.25. The average Bonchev–Trinajstić information content (AvgIpc) is 2.92. The Kier molecular flexibility index (Phi) is 4.11. The fourth-order valence-electron chi connectivity index (χ4n) is 3.01. The van der Waals surface area contributed by atoms with Crippen molar-refractivity contribution in [3.05, 3.63) is 52.6 Å². The zero-order chi connectivity index (χ0) is 15.6. The van der Waals surface area contributed by atoms with E-state index in [9.17, 15) is 0 Å². The van der Waals surface area contributed by atoms with Gasteiger partial charge in [0, 0.05) is 32.4 Å². The van der Waals surface area contributed by atoms with Gasteiger partial charge >= 0.3 is 0 Å². The molecule has 0 bridgehead atoms. The molecule has 0 saturated carbocycles. The smallest absolute Gasteiger partial charge is 0.163 e. The van der Waals surface area contributed by atoms with E-state index >= 15 is 0 Å². The van der Waals surface area contributed by atoms with E-state index in [0.717, 1.165) is 42.6 Å². The number of thiazole rings is 1. The molecule has 3 aromatic rings. The topological polar surface area (TPSA) is 24.3 Å². The van der Waals surface area contributed by atoms with E-state index in [4.69, 9.17) is 12.2 Å². The van der Waals surface area contributed by atoms with E-state index in [1.54, 1.807) is 11.3 Å². The van der Waals surface area contributed by atoms with Gasteiger partial charge in [0.05, 0.1) is 16.9 Å². The fraction of sp³-hybridized carbons (Fsp3) is 0.294. The number of hydrogen-bond acceptors (Lipinski definition) is 5. The maximum absolute atomic E-state index is 5.56. The quantitative estimate of drug-likeness (QED) is 0.679. The molecule has 0 unspecified atom stereocenters. The molecule has 0 aliphatic carbocycles. The van der Waals surface area contributed by atoms with E-state index in [1.165, 1.54) is 10.2 Å². The van der Waals surface area contributed by atoms with Crippen molar-refractivity contribution in [2.45, 2.75) is 6.67 Å². The first-order valence-corrected chi connectivity index (χ1v) is 9.00. The van der Waals surface area contributed by atoms with Crippen molar-refractivity contribution in [2.24, 2.45) is 0 Å². The van der Waals surface area contributed by atoms with Gasteiger partial charge in [-0.25, -0.2) is 4.98 Å². The Labute approximate surface area is 144 Å². The first-order valence-electron chi connectivity index (χ1n) is 7.78. The highest BCUT2D eigenvalue weighted by Gasteiger charge is 2.18. The summed E-state index contributed by atoms with van der Waals surface area (Å²) in [7, 11) is 0. The predicted octanol–water partition coefficient (Wildman–Crippen LogP) is 3.61. The van der Waals surface area contributed by atoms with Gasteiger partial charge in [0.15, 0.2) is 3.95 Å². The molecule has 2 aromatic heterocycles. The second-order valence-electron chi connectivity index (χ2n) is 5.70. The third kappa shape index (κ3) is 3.02. The summed E-state index contributed by atoms with van der Waals surface area (Å²) in [6, 6.07) is 14.5. The van der Waals surface area contributed by atoms with Gasteiger partial charge < -0.3 is 9.47 Å². The second-order valence-corrected chi connectivity index (χ2v) is 7.37. The molecule has 1 aliphatic heterocycles. The van der Waals surface area contributed by atoms with Crippen molar-refractivity contribution in [3.63, 3.8) is 0 Å². The lowest BCUT2D eigenvalue weighted by Gasteiger charge is -2.35. The van der Waals surface area contributed by atoms with Gasteiger partial charge in [0.2, 0.25) is 0 Å². The highest BCUT2D eigenvalue weighted by atomic mass is 32.1. The van der Waals surface area contributed by atoms with Gasteiger partial charge in [-0.1, -0.05) is 18.2 Å². The number of piperazine rings is 1. The summed E-state index contributed by atoms with van der Waals surface area (Å²) in [6.07, 6.45) is 1.86. The summed E-state index contributed by atoms with van der Waals surface area (Å²) in [5.74, 6) is 1.07. The fourth-order valence-corrected chi connectivity index (χ4v) is 4.32. The molecule has 4 nitrogen and oxygen atoms in total. The third-order valence-corrected chi connectivity index (χ3v) is 5.69. The molecule has 0 radical (unpaired) electrons. The highest BCUT2D eigenvalue weighted by molar-refractivity contribution is 7.73. The third-order valence-electron chi connectivity index (χ3n) is 4.26. The summed E-state index contributed by atoms with van der Waals surface area (Å²) in [5, 5.41) is 0. The number of rotatable bonds is 3. The van der Waals surface area contributed by atoms with Crippen LogP contribution in [0.4, 0.5) is 5.82 Å². The Hall–Kier alpha value is -1.76. The van der Waals surface area contributed by atoms with Gasteiger partial charge in [-0.15, -0.1) is 11.3 Å². The van der Waals surface area contributed by atoms with E-state index in [0.29, 0.717) is 0 Å². The molecule has 0 amide bonds. The number of hydrogen-bond donors (Lipinski definition) is 0. The zero-order valence-electron chi connectivity index (χ0n) is 12.8. The Morgan fingerprint density at radius 3 is 2.57 bits per heavy atom. The monoisotopic (exact) mass is 342 g/mol. The van der Waals surface area contributed by atoms with Crippen LogP contribution in [0.3, 0.4) is 0 Å². The van der Waals surface area contributed by atoms with Crippen LogP contribution in [0, 0.1) is 3.95 Å². The van der Waals surface area contributed by atoms with Crippen molar-refractivity contribution >= 4 is 39.6 Å². The first-order chi connectivity index (χ1) is 11.3. The number of nitrogens with zero attached hydrogens (tertiary/aromatic N) is 4. The molecule has 1 aromatic carbocycles. The second kappa shape index (κ2) is 6.39. The molecular formula is C17H18N4S2. The lowest BCUT2D eigenvalue weighted by atomic mass is 10.3. The molecule has 23 heavy (non-hydrogen) atoms. The predicted molar refractivity (Wildman–Crippen MR) is 98.7 cm³/mol. The molecule has 3 heterocycles. The summed E-state index contributed by atoms with van der Waals surface area (Å²) < 4.78 is 4.48. The molecule has 1 fully saturated rings. The standard InChI is InChI=1S/C17H18N4S2/c22-17-21(14-5-1-2-6-15(14)23-17)13-19-9-11-20(12-10-19)16-7-3-4-8-18-16/h1-8H,9-13H2. The largest absolute Gasteiger partial charge is 0.354 e. The highest BCUT2D eigenvalue weighted by Crippen LogP contribution is 2.23. The number of pyridine rings is 1. The average molecular weight is 342 g/mol. The minimum Gasteiger partial charge on any atom is -0.354 e. The van der Waals surface area contributed by atoms with Crippen molar-refractivity contribution in [1.82, 2.24) is 14.5 Å². The molecule has 0 N–H and O–H groups in total. The molecule has 1 aliphatic rings. The lowest BCUT2D eigenvalue weighted by molar-refractivity contribution is 0.208. The maximum atomic E-state index is 5.56. The molecule has 4 rings (SSSR count). The van der Waals surface area contributed by atoms with Gasteiger partial charge in [0.25, 0.3) is 0 Å². The molecule has 0 spiro atoms. The van der Waals surface area contributed by atoms with Gasteiger partial charge in [0.1, 0.15) is 5.82 Å². The van der Waals surface area contributed by atoms with Gasteiger partial charge in [-0.3, -0.25) is 4.90 Å². The van der Waals surface area contributed by atoms with E-state index in [1.807, 2.05) is 18.3 Å². The van der Waals surface area contributed by atoms with Crippen LogP contribution in [0.15, 0.2) is 48.7 Å². The summed E-state index contributed by atoms with van der Waals surface area (Å²) in [6.45, 7) is 4.95. The number of aromatic nitrogens is 2. The van der Waals surface area contributed by atoms with Crippen LogP contribution in [0.25, 0.3) is 10.2 Å².